The van der Waals surface area contributed by atoms with E-state index >= 15 is 0 Å². The molecule has 1 N–H and O–H groups in total. The van der Waals surface area contributed by atoms with E-state index in [0.717, 1.165) is 25.7 Å². The average molecular weight is 231 g/mol. The van der Waals surface area contributed by atoms with Gasteiger partial charge in [-0.2, -0.15) is 0 Å². The van der Waals surface area contributed by atoms with Crippen molar-refractivity contribution in [3.05, 3.63) is 0 Å². The molecule has 3 nitrogen and oxygen atoms in total. The molecule has 1 amide bonds. The molecule has 0 aromatic carbocycles. The van der Waals surface area contributed by atoms with Gasteiger partial charge in [-0.05, 0) is 33.6 Å². The Morgan fingerprint density at radius 3 is 2.56 bits per heavy atom. The summed E-state index contributed by atoms with van der Waals surface area (Å²) in [6.45, 7) is 5.10. The van der Waals surface area contributed by atoms with Gasteiger partial charge in [0.1, 0.15) is 5.60 Å². The minimum absolute atomic E-state index is 0.0405. The second-order valence-electron chi connectivity index (χ2n) is 5.45. The van der Waals surface area contributed by atoms with Crippen molar-refractivity contribution in [2.24, 2.45) is 5.92 Å². The molecule has 0 aromatic heterocycles. The molecule has 94 valence electrons. The number of rotatable bonds is 2. The van der Waals surface area contributed by atoms with E-state index in [2.05, 4.69) is 5.32 Å². The quantitative estimate of drug-likeness (QED) is 0.793. The van der Waals surface area contributed by atoms with Crippen molar-refractivity contribution in [2.75, 3.05) is 6.67 Å². The van der Waals surface area contributed by atoms with E-state index in [1.807, 2.05) is 20.8 Å². The van der Waals surface area contributed by atoms with Crippen LogP contribution in [0.5, 0.6) is 0 Å². The van der Waals surface area contributed by atoms with Crippen molar-refractivity contribution in [2.45, 2.75) is 58.1 Å². The largest absolute Gasteiger partial charge is 0.444 e. The Balaban J connectivity index is 2.42. The van der Waals surface area contributed by atoms with Gasteiger partial charge in [0.05, 0.1) is 6.67 Å². The number of ether oxygens (including phenoxy) is 1. The van der Waals surface area contributed by atoms with Crippen LogP contribution in [-0.2, 0) is 4.74 Å². The monoisotopic (exact) mass is 231 g/mol. The van der Waals surface area contributed by atoms with Crippen LogP contribution in [0.2, 0.25) is 0 Å². The summed E-state index contributed by atoms with van der Waals surface area (Å²) in [5, 5.41) is 2.78. The molecular weight excluding hydrogens is 209 g/mol. The first kappa shape index (κ1) is 13.3. The maximum Gasteiger partial charge on any atom is 0.407 e. The van der Waals surface area contributed by atoms with E-state index < -0.39 is 11.7 Å². The molecule has 2 atom stereocenters. The molecule has 16 heavy (non-hydrogen) atoms. The number of alkyl halides is 1. The van der Waals surface area contributed by atoms with E-state index in [1.165, 1.54) is 0 Å². The molecule has 0 aromatic rings. The van der Waals surface area contributed by atoms with Crippen molar-refractivity contribution in [3.63, 3.8) is 0 Å². The highest BCUT2D eigenvalue weighted by molar-refractivity contribution is 5.68. The third-order valence-electron chi connectivity index (χ3n) is 2.81. The van der Waals surface area contributed by atoms with Crippen molar-refractivity contribution >= 4 is 6.09 Å². The summed E-state index contributed by atoms with van der Waals surface area (Å²) >= 11 is 0. The van der Waals surface area contributed by atoms with Gasteiger partial charge in [-0.15, -0.1) is 0 Å². The van der Waals surface area contributed by atoms with E-state index in [9.17, 15) is 9.18 Å². The fourth-order valence-electron chi connectivity index (χ4n) is 2.04. The molecule has 0 spiro atoms. The molecule has 1 saturated carbocycles. The summed E-state index contributed by atoms with van der Waals surface area (Å²) in [6.07, 6.45) is 3.39. The number of hydrogen-bond acceptors (Lipinski definition) is 2. The number of amides is 1. The molecule has 4 heteroatoms. The van der Waals surface area contributed by atoms with Crippen LogP contribution in [0.3, 0.4) is 0 Å². The third kappa shape index (κ3) is 4.37. The second-order valence-corrected chi connectivity index (χ2v) is 5.45. The van der Waals surface area contributed by atoms with Crippen LogP contribution in [0.25, 0.3) is 0 Å². The topological polar surface area (TPSA) is 38.3 Å². The lowest BCUT2D eigenvalue weighted by Gasteiger charge is -2.31. The molecule has 1 fully saturated rings. The van der Waals surface area contributed by atoms with Gasteiger partial charge in [-0.1, -0.05) is 12.8 Å². The number of carbonyl (C=O) groups is 1. The molecule has 1 aliphatic carbocycles. The first-order valence-electron chi connectivity index (χ1n) is 5.98. The van der Waals surface area contributed by atoms with Gasteiger partial charge in [0.25, 0.3) is 0 Å². The Morgan fingerprint density at radius 1 is 1.38 bits per heavy atom. The fourth-order valence-corrected chi connectivity index (χ4v) is 2.04. The maximum absolute atomic E-state index is 12.7. The van der Waals surface area contributed by atoms with Gasteiger partial charge in [0.2, 0.25) is 0 Å². The summed E-state index contributed by atoms with van der Waals surface area (Å²) in [7, 11) is 0. The molecule has 1 aliphatic rings. The van der Waals surface area contributed by atoms with Crippen LogP contribution in [0, 0.1) is 5.92 Å². The van der Waals surface area contributed by atoms with Crippen LogP contribution in [0.1, 0.15) is 46.5 Å². The van der Waals surface area contributed by atoms with E-state index in [1.54, 1.807) is 0 Å². The second kappa shape index (κ2) is 5.51. The third-order valence-corrected chi connectivity index (χ3v) is 2.81. The van der Waals surface area contributed by atoms with Crippen LogP contribution in [0.15, 0.2) is 0 Å². The van der Waals surface area contributed by atoms with Crippen LogP contribution in [-0.4, -0.2) is 24.4 Å². The molecule has 0 bridgehead atoms. The zero-order chi connectivity index (χ0) is 12.2. The Morgan fingerprint density at radius 2 is 2.00 bits per heavy atom. The Kier molecular flexibility index (Phi) is 4.56. The molecule has 0 radical (unpaired) electrons. The Hall–Kier alpha value is -0.800. The smallest absolute Gasteiger partial charge is 0.407 e. The van der Waals surface area contributed by atoms with Crippen molar-refractivity contribution in [1.82, 2.24) is 5.32 Å². The lowest BCUT2D eigenvalue weighted by atomic mass is 9.85. The van der Waals surface area contributed by atoms with Crippen molar-refractivity contribution in [1.29, 1.82) is 0 Å². The van der Waals surface area contributed by atoms with Gasteiger partial charge in [0, 0.05) is 12.0 Å². The van der Waals surface area contributed by atoms with Gasteiger partial charge >= 0.3 is 6.09 Å². The number of hydrogen-bond donors (Lipinski definition) is 1. The van der Waals surface area contributed by atoms with Crippen LogP contribution in [0.4, 0.5) is 9.18 Å². The summed E-state index contributed by atoms with van der Waals surface area (Å²) < 4.78 is 17.9. The summed E-state index contributed by atoms with van der Waals surface area (Å²) in [6, 6.07) is -0.0615. The number of nitrogens with one attached hydrogen (secondary N) is 1. The minimum Gasteiger partial charge on any atom is -0.444 e. The lowest BCUT2D eigenvalue weighted by Crippen LogP contribution is -2.45. The normalized spacial score (nSPS) is 26.2. The maximum atomic E-state index is 12.7. The highest BCUT2D eigenvalue weighted by atomic mass is 19.1. The van der Waals surface area contributed by atoms with Gasteiger partial charge in [-0.3, -0.25) is 4.39 Å². The number of alkyl carbamates (subject to hydrolysis) is 1. The van der Waals surface area contributed by atoms with E-state index in [4.69, 9.17) is 4.74 Å². The summed E-state index contributed by atoms with van der Waals surface area (Å²) in [5.41, 5.74) is -0.496. The fraction of sp³-hybridized carbons (Fsp3) is 0.917. The van der Waals surface area contributed by atoms with Gasteiger partial charge < -0.3 is 10.1 Å². The van der Waals surface area contributed by atoms with Crippen molar-refractivity contribution < 1.29 is 13.9 Å². The molecule has 0 saturated heterocycles. The molecule has 2 unspecified atom stereocenters. The molecule has 1 rings (SSSR count). The summed E-state index contributed by atoms with van der Waals surface area (Å²) in [5.74, 6) is -0.0405. The van der Waals surface area contributed by atoms with Crippen LogP contribution < -0.4 is 5.32 Å². The number of carbonyl (C=O) groups excluding carboxylic acids is 1. The highest BCUT2D eigenvalue weighted by Gasteiger charge is 2.28. The first-order valence-corrected chi connectivity index (χ1v) is 5.98. The van der Waals surface area contributed by atoms with E-state index in [-0.39, 0.29) is 18.6 Å². The lowest BCUT2D eigenvalue weighted by molar-refractivity contribution is 0.0461. The molecular formula is C12H22FNO2. The first-order chi connectivity index (χ1) is 7.42. The minimum atomic E-state index is -0.496. The zero-order valence-electron chi connectivity index (χ0n) is 10.4. The predicted molar refractivity (Wildman–Crippen MR) is 61.1 cm³/mol. The molecule has 0 aliphatic heterocycles. The SMILES string of the molecule is CC(C)(C)OC(=O)NC1CCCCC1CF. The number of halogens is 1. The average Bonchev–Trinajstić information content (AvgIpc) is 2.15. The van der Waals surface area contributed by atoms with E-state index in [0.29, 0.717) is 0 Å². The Labute approximate surface area is 96.7 Å². The summed E-state index contributed by atoms with van der Waals surface area (Å²) in [4.78, 5) is 11.5. The highest BCUT2D eigenvalue weighted by Crippen LogP contribution is 2.25. The Bertz CT molecular complexity index is 238. The standard InChI is InChI=1S/C12H22FNO2/c1-12(2,3)16-11(15)14-10-7-5-4-6-9(10)8-13/h9-10H,4-8H2,1-3H3,(H,14,15). The predicted octanol–water partition coefficient (Wildman–Crippen LogP) is 3.04. The van der Waals surface area contributed by atoms with Crippen molar-refractivity contribution in [3.8, 4) is 0 Å². The zero-order valence-corrected chi connectivity index (χ0v) is 10.4. The molecule has 0 heterocycles. The van der Waals surface area contributed by atoms with Gasteiger partial charge in [0.15, 0.2) is 0 Å². The van der Waals surface area contributed by atoms with Crippen LogP contribution >= 0.6 is 0 Å². The van der Waals surface area contributed by atoms with Gasteiger partial charge in [-0.25, -0.2) is 4.79 Å².